The van der Waals surface area contributed by atoms with Crippen molar-refractivity contribution < 1.29 is 4.79 Å². The van der Waals surface area contributed by atoms with Gasteiger partial charge in [0.1, 0.15) is 0 Å². The van der Waals surface area contributed by atoms with Gasteiger partial charge in [0.2, 0.25) is 5.91 Å². The number of rotatable bonds is 2. The van der Waals surface area contributed by atoms with Crippen LogP contribution in [0.3, 0.4) is 0 Å². The van der Waals surface area contributed by atoms with Crippen LogP contribution in [-0.4, -0.2) is 23.3 Å². The minimum Gasteiger partial charge on any atom is -0.329 e. The molecule has 0 heterocycles. The molecule has 0 rings (SSSR count). The minimum atomic E-state index is -0.0706. The number of carbonyl (C=O) groups is 1. The molecule has 0 bridgehead atoms. The summed E-state index contributed by atoms with van der Waals surface area (Å²) in [7, 11) is 0. The molecule has 0 aromatic rings. The Bertz CT molecular complexity index is 86.1. The van der Waals surface area contributed by atoms with Gasteiger partial charge in [-0.1, -0.05) is 12.8 Å². The van der Waals surface area contributed by atoms with E-state index in [0.29, 0.717) is 13.1 Å². The zero-order valence-electron chi connectivity index (χ0n) is 4.79. The molecule has 0 unspecified atom stereocenters. The van der Waals surface area contributed by atoms with Crippen molar-refractivity contribution in [2.24, 2.45) is 5.73 Å². The molecular weight excluding hydrogens is 124 g/mol. The highest BCUT2D eigenvalue weighted by molar-refractivity contribution is 7.78. The second-order valence-corrected chi connectivity index (χ2v) is 1.91. The van der Waals surface area contributed by atoms with Crippen LogP contribution >= 0.6 is 12.8 Å². The zero-order valence-corrected chi connectivity index (χ0v) is 5.69. The standard InChI is InChI=1S/C4H10N2OS/c1-4(7)6(8)3-2-5/h8H,2-3,5H2,1H3. The van der Waals surface area contributed by atoms with Crippen LogP contribution < -0.4 is 5.73 Å². The van der Waals surface area contributed by atoms with Crippen molar-refractivity contribution in [2.45, 2.75) is 6.92 Å². The quantitative estimate of drug-likeness (QED) is 0.506. The van der Waals surface area contributed by atoms with Gasteiger partial charge in [-0.05, 0) is 0 Å². The summed E-state index contributed by atoms with van der Waals surface area (Å²) in [5.41, 5.74) is 5.12. The number of hydrogen-bond donors (Lipinski definition) is 2. The summed E-state index contributed by atoms with van der Waals surface area (Å²) in [6.45, 7) is 2.42. The summed E-state index contributed by atoms with van der Waals surface area (Å²) < 4.78 is 1.28. The fraction of sp³-hybridized carbons (Fsp3) is 0.750. The van der Waals surface area contributed by atoms with Crippen molar-refractivity contribution in [3.05, 3.63) is 0 Å². The highest BCUT2D eigenvalue weighted by atomic mass is 32.1. The van der Waals surface area contributed by atoms with Crippen molar-refractivity contribution in [3.63, 3.8) is 0 Å². The number of hydrogen-bond acceptors (Lipinski definition) is 3. The molecule has 1 amide bonds. The van der Waals surface area contributed by atoms with Gasteiger partial charge >= 0.3 is 0 Å². The van der Waals surface area contributed by atoms with Gasteiger partial charge in [-0.25, -0.2) is 0 Å². The summed E-state index contributed by atoms with van der Waals surface area (Å²) >= 11 is 3.81. The molecule has 2 N–H and O–H groups in total. The highest BCUT2D eigenvalue weighted by Crippen LogP contribution is 1.89. The van der Waals surface area contributed by atoms with Crippen LogP contribution in [0.5, 0.6) is 0 Å². The lowest BCUT2D eigenvalue weighted by Crippen LogP contribution is -2.24. The smallest absolute Gasteiger partial charge is 0.229 e. The molecule has 0 aliphatic rings. The topological polar surface area (TPSA) is 46.3 Å². The Kier molecular flexibility index (Phi) is 3.64. The lowest BCUT2D eigenvalue weighted by atomic mass is 10.6. The summed E-state index contributed by atoms with van der Waals surface area (Å²) in [5, 5.41) is 0. The molecule has 0 spiro atoms. The van der Waals surface area contributed by atoms with Gasteiger partial charge in [0.05, 0.1) is 0 Å². The van der Waals surface area contributed by atoms with E-state index in [1.807, 2.05) is 0 Å². The molecule has 0 aromatic heterocycles. The fourth-order valence-corrected chi connectivity index (χ4v) is 0.395. The molecule has 0 saturated carbocycles. The Morgan fingerprint density at radius 2 is 2.38 bits per heavy atom. The molecule has 0 fully saturated rings. The Balaban J connectivity index is 3.32. The molecule has 0 aliphatic heterocycles. The predicted molar refractivity (Wildman–Crippen MR) is 35.4 cm³/mol. The normalized spacial score (nSPS) is 8.88. The van der Waals surface area contributed by atoms with Crippen LogP contribution in [0.25, 0.3) is 0 Å². The Labute approximate surface area is 54.4 Å². The Hall–Kier alpha value is -0.220. The first kappa shape index (κ1) is 7.78. The fourth-order valence-electron chi connectivity index (χ4n) is 0.280. The number of carbonyl (C=O) groups excluding carboxylic acids is 1. The molecule has 0 saturated heterocycles. The molecular formula is C4H10N2OS. The monoisotopic (exact) mass is 134 g/mol. The van der Waals surface area contributed by atoms with Gasteiger partial charge in [-0.3, -0.25) is 9.10 Å². The van der Waals surface area contributed by atoms with Crippen LogP contribution in [0.15, 0.2) is 0 Å². The summed E-state index contributed by atoms with van der Waals surface area (Å²) in [5.74, 6) is -0.0706. The molecule has 48 valence electrons. The van der Waals surface area contributed by atoms with Crippen LogP contribution in [0.1, 0.15) is 6.92 Å². The van der Waals surface area contributed by atoms with E-state index in [1.165, 1.54) is 11.2 Å². The molecule has 0 atom stereocenters. The van der Waals surface area contributed by atoms with Crippen molar-refractivity contribution in [1.82, 2.24) is 4.31 Å². The van der Waals surface area contributed by atoms with Crippen LogP contribution in [0.2, 0.25) is 0 Å². The Morgan fingerprint density at radius 1 is 1.88 bits per heavy atom. The average Bonchev–Trinajstić information content (AvgIpc) is 1.67. The molecule has 0 aliphatic carbocycles. The maximum atomic E-state index is 10.3. The van der Waals surface area contributed by atoms with E-state index >= 15 is 0 Å². The van der Waals surface area contributed by atoms with Crippen LogP contribution in [0, 0.1) is 0 Å². The highest BCUT2D eigenvalue weighted by Gasteiger charge is 1.98. The minimum absolute atomic E-state index is 0.0706. The first-order valence-corrected chi connectivity index (χ1v) is 2.75. The second-order valence-electron chi connectivity index (χ2n) is 1.43. The lowest BCUT2D eigenvalue weighted by Gasteiger charge is -2.09. The van der Waals surface area contributed by atoms with E-state index in [1.54, 1.807) is 0 Å². The number of nitrogens with two attached hydrogens (primary N) is 1. The molecule has 8 heavy (non-hydrogen) atoms. The summed E-state index contributed by atoms with van der Waals surface area (Å²) in [4.78, 5) is 10.3. The van der Waals surface area contributed by atoms with E-state index in [0.717, 1.165) is 0 Å². The van der Waals surface area contributed by atoms with E-state index in [9.17, 15) is 4.79 Å². The third kappa shape index (κ3) is 2.87. The summed E-state index contributed by atoms with van der Waals surface area (Å²) in [6, 6.07) is 0. The van der Waals surface area contributed by atoms with E-state index < -0.39 is 0 Å². The molecule has 3 nitrogen and oxygen atoms in total. The maximum Gasteiger partial charge on any atom is 0.229 e. The van der Waals surface area contributed by atoms with Gasteiger partial charge in [0, 0.05) is 20.0 Å². The lowest BCUT2D eigenvalue weighted by molar-refractivity contribution is -0.123. The van der Waals surface area contributed by atoms with Gasteiger partial charge in [-0.15, -0.1) is 0 Å². The van der Waals surface area contributed by atoms with Crippen LogP contribution in [0.4, 0.5) is 0 Å². The van der Waals surface area contributed by atoms with Crippen LogP contribution in [-0.2, 0) is 4.79 Å². The predicted octanol–water partition coefficient (Wildman–Crippen LogP) is -0.362. The largest absolute Gasteiger partial charge is 0.329 e. The SMILES string of the molecule is CC(=O)N(S)CCN. The van der Waals surface area contributed by atoms with Crippen molar-refractivity contribution in [3.8, 4) is 0 Å². The van der Waals surface area contributed by atoms with Crippen molar-refractivity contribution in [1.29, 1.82) is 0 Å². The second kappa shape index (κ2) is 3.74. The van der Waals surface area contributed by atoms with Crippen molar-refractivity contribution >= 4 is 18.7 Å². The summed E-state index contributed by atoms with van der Waals surface area (Å²) in [6.07, 6.45) is 0. The van der Waals surface area contributed by atoms with E-state index in [4.69, 9.17) is 5.73 Å². The first-order chi connectivity index (χ1) is 3.68. The maximum absolute atomic E-state index is 10.3. The average molecular weight is 134 g/mol. The van der Waals surface area contributed by atoms with Gasteiger partial charge in [0.15, 0.2) is 0 Å². The third-order valence-electron chi connectivity index (χ3n) is 0.704. The molecule has 0 radical (unpaired) electrons. The molecule has 4 heteroatoms. The first-order valence-electron chi connectivity index (χ1n) is 2.35. The Morgan fingerprint density at radius 3 is 2.50 bits per heavy atom. The zero-order chi connectivity index (χ0) is 6.57. The van der Waals surface area contributed by atoms with Gasteiger partial charge in [-0.2, -0.15) is 0 Å². The van der Waals surface area contributed by atoms with E-state index in [-0.39, 0.29) is 5.91 Å². The van der Waals surface area contributed by atoms with Crippen molar-refractivity contribution in [2.75, 3.05) is 13.1 Å². The molecule has 0 aromatic carbocycles. The number of amides is 1. The van der Waals surface area contributed by atoms with Gasteiger partial charge in [0.25, 0.3) is 0 Å². The number of nitrogens with zero attached hydrogens (tertiary/aromatic N) is 1. The number of thiol groups is 1. The van der Waals surface area contributed by atoms with E-state index in [2.05, 4.69) is 12.8 Å². The van der Waals surface area contributed by atoms with Gasteiger partial charge < -0.3 is 5.73 Å². The third-order valence-corrected chi connectivity index (χ3v) is 1.19.